The third kappa shape index (κ3) is 3.35. The van der Waals surface area contributed by atoms with Crippen molar-refractivity contribution in [1.82, 2.24) is 0 Å². The summed E-state index contributed by atoms with van der Waals surface area (Å²) < 4.78 is 0. The van der Waals surface area contributed by atoms with E-state index in [9.17, 15) is 14.4 Å². The lowest BCUT2D eigenvalue weighted by Crippen LogP contribution is -2.17. The first-order valence-electron chi connectivity index (χ1n) is 2.69. The molecule has 0 aliphatic heterocycles. The number of carbonyl (C=O) groups is 3. The maximum Gasteiger partial charge on any atom is 0.213 e. The highest BCUT2D eigenvalue weighted by molar-refractivity contribution is 6.48. The zero-order valence-corrected chi connectivity index (χ0v) is 6.27. The molecule has 0 aromatic rings. The molecule has 0 aromatic carbocycles. The van der Waals surface area contributed by atoms with Crippen molar-refractivity contribution in [3.63, 3.8) is 0 Å². The van der Waals surface area contributed by atoms with Crippen LogP contribution in [0.1, 0.15) is 13.3 Å². The molecule has 0 bridgehead atoms. The summed E-state index contributed by atoms with van der Waals surface area (Å²) in [5, 5.41) is 0. The summed E-state index contributed by atoms with van der Waals surface area (Å²) in [6.07, 6.45) is -0.328. The molecule has 4 heteroatoms. The second kappa shape index (κ2) is 4.17. The van der Waals surface area contributed by atoms with Crippen LogP contribution in [0.2, 0.25) is 0 Å². The fourth-order valence-electron chi connectivity index (χ4n) is 0.399. The Bertz CT molecular complexity index is 174. The molecule has 0 rings (SSSR count). The molecule has 0 aliphatic rings. The van der Waals surface area contributed by atoms with Crippen LogP contribution in [0.4, 0.5) is 0 Å². The maximum atomic E-state index is 10.5. The normalized spacial score (nSPS) is 9.00. The highest BCUT2D eigenvalue weighted by Crippen LogP contribution is 1.89. The predicted molar refractivity (Wildman–Crippen MR) is 36.0 cm³/mol. The third-order valence-corrected chi connectivity index (χ3v) is 1.08. The molecule has 3 nitrogen and oxygen atoms in total. The van der Waals surface area contributed by atoms with Crippen LogP contribution >= 0.6 is 11.6 Å². The van der Waals surface area contributed by atoms with Gasteiger partial charge in [0.25, 0.3) is 0 Å². The van der Waals surface area contributed by atoms with Gasteiger partial charge in [0, 0.05) is 0 Å². The Labute approximate surface area is 63.4 Å². The van der Waals surface area contributed by atoms with Gasteiger partial charge in [-0.25, -0.2) is 0 Å². The summed E-state index contributed by atoms with van der Waals surface area (Å²) >= 11 is 5.05. The number of halogens is 1. The first-order valence-corrected chi connectivity index (χ1v) is 3.22. The third-order valence-electron chi connectivity index (χ3n) is 0.842. The quantitative estimate of drug-likeness (QED) is 0.340. The molecular weight excluding hydrogens is 156 g/mol. The van der Waals surface area contributed by atoms with Crippen molar-refractivity contribution < 1.29 is 14.4 Å². The molecule has 56 valence electrons. The fraction of sp³-hybridized carbons (Fsp3) is 0.500. The van der Waals surface area contributed by atoms with E-state index in [1.54, 1.807) is 0 Å². The van der Waals surface area contributed by atoms with Gasteiger partial charge in [0.2, 0.25) is 11.6 Å². The standard InChI is InChI=1S/C6H7ClO3/c1-4(8)2-5(9)6(10)3-7/h2-3H2,1H3. The van der Waals surface area contributed by atoms with Gasteiger partial charge in [-0.1, -0.05) is 0 Å². The van der Waals surface area contributed by atoms with Gasteiger partial charge in [-0.2, -0.15) is 0 Å². The smallest absolute Gasteiger partial charge is 0.213 e. The lowest BCUT2D eigenvalue weighted by Gasteiger charge is -1.90. The average Bonchev–Trinajstić information content (AvgIpc) is 1.85. The minimum absolute atomic E-state index is 0.316. The molecular formula is C6H7ClO3. The Morgan fingerprint density at radius 2 is 1.70 bits per heavy atom. The minimum Gasteiger partial charge on any atom is -0.300 e. The van der Waals surface area contributed by atoms with E-state index in [0.717, 1.165) is 0 Å². The zero-order valence-electron chi connectivity index (χ0n) is 5.52. The summed E-state index contributed by atoms with van der Waals surface area (Å²) in [6.45, 7) is 1.25. The molecule has 0 atom stereocenters. The number of hydrogen-bond acceptors (Lipinski definition) is 3. The Hall–Kier alpha value is -0.700. The highest BCUT2D eigenvalue weighted by atomic mass is 35.5. The Morgan fingerprint density at radius 1 is 1.20 bits per heavy atom. The van der Waals surface area contributed by atoms with Crippen LogP contribution in [0.15, 0.2) is 0 Å². The van der Waals surface area contributed by atoms with Crippen molar-refractivity contribution in [1.29, 1.82) is 0 Å². The maximum absolute atomic E-state index is 10.5. The van der Waals surface area contributed by atoms with Gasteiger partial charge in [-0.15, -0.1) is 11.6 Å². The Kier molecular flexibility index (Phi) is 3.88. The molecule has 0 unspecified atom stereocenters. The number of Topliss-reactive ketones (excluding diaryl/α,β-unsaturated/α-hetero) is 3. The van der Waals surface area contributed by atoms with Crippen LogP contribution in [0, 0.1) is 0 Å². The van der Waals surface area contributed by atoms with E-state index in [1.165, 1.54) is 6.92 Å². The van der Waals surface area contributed by atoms with Gasteiger partial charge in [0.1, 0.15) is 5.78 Å². The van der Waals surface area contributed by atoms with Crippen LogP contribution in [0.5, 0.6) is 0 Å². The van der Waals surface area contributed by atoms with E-state index in [1.807, 2.05) is 0 Å². The minimum atomic E-state index is -0.706. The van der Waals surface area contributed by atoms with Crippen molar-refractivity contribution in [3.05, 3.63) is 0 Å². The molecule has 0 amide bonds. The van der Waals surface area contributed by atoms with Crippen LogP contribution in [0.3, 0.4) is 0 Å². The molecule has 0 spiro atoms. The number of alkyl halides is 1. The van der Waals surface area contributed by atoms with Gasteiger partial charge in [0.05, 0.1) is 12.3 Å². The van der Waals surface area contributed by atoms with E-state index >= 15 is 0 Å². The van der Waals surface area contributed by atoms with Gasteiger partial charge in [-0.05, 0) is 6.92 Å². The molecule has 0 radical (unpaired) electrons. The lowest BCUT2D eigenvalue weighted by atomic mass is 10.2. The van der Waals surface area contributed by atoms with Crippen LogP contribution in [-0.4, -0.2) is 23.2 Å². The largest absolute Gasteiger partial charge is 0.300 e. The molecule has 0 heterocycles. The molecule has 0 saturated carbocycles. The SMILES string of the molecule is CC(=O)CC(=O)C(=O)CCl. The first-order chi connectivity index (χ1) is 4.57. The van der Waals surface area contributed by atoms with Crippen molar-refractivity contribution >= 4 is 29.0 Å². The van der Waals surface area contributed by atoms with E-state index in [0.29, 0.717) is 0 Å². The summed E-state index contributed by atoms with van der Waals surface area (Å²) in [4.78, 5) is 31.2. The topological polar surface area (TPSA) is 51.2 Å². The zero-order chi connectivity index (χ0) is 8.15. The number of hydrogen-bond donors (Lipinski definition) is 0. The van der Waals surface area contributed by atoms with E-state index < -0.39 is 11.6 Å². The van der Waals surface area contributed by atoms with Crippen molar-refractivity contribution in [2.24, 2.45) is 0 Å². The van der Waals surface area contributed by atoms with Crippen LogP contribution in [-0.2, 0) is 14.4 Å². The number of ketones is 3. The second-order valence-corrected chi connectivity index (χ2v) is 2.13. The highest BCUT2D eigenvalue weighted by Gasteiger charge is 2.13. The number of rotatable bonds is 4. The van der Waals surface area contributed by atoms with E-state index in [2.05, 4.69) is 0 Å². The van der Waals surface area contributed by atoms with Crippen LogP contribution in [0.25, 0.3) is 0 Å². The number of carbonyl (C=O) groups excluding carboxylic acids is 3. The van der Waals surface area contributed by atoms with Gasteiger partial charge >= 0.3 is 0 Å². The van der Waals surface area contributed by atoms with E-state index in [-0.39, 0.29) is 18.1 Å². The summed E-state index contributed by atoms with van der Waals surface area (Å²) in [5.41, 5.74) is 0. The lowest BCUT2D eigenvalue weighted by molar-refractivity contribution is -0.137. The summed E-state index contributed by atoms with van der Waals surface area (Å²) in [5.74, 6) is -2.06. The average molecular weight is 163 g/mol. The molecule has 10 heavy (non-hydrogen) atoms. The molecule has 0 aromatic heterocycles. The Morgan fingerprint density at radius 3 is 2.00 bits per heavy atom. The van der Waals surface area contributed by atoms with E-state index in [4.69, 9.17) is 11.6 Å². The summed E-state index contributed by atoms with van der Waals surface area (Å²) in [7, 11) is 0. The summed E-state index contributed by atoms with van der Waals surface area (Å²) in [6, 6.07) is 0. The van der Waals surface area contributed by atoms with Crippen molar-refractivity contribution in [3.8, 4) is 0 Å². The molecule has 0 saturated heterocycles. The van der Waals surface area contributed by atoms with Crippen molar-refractivity contribution in [2.45, 2.75) is 13.3 Å². The predicted octanol–water partition coefficient (Wildman–Crippen LogP) is 0.343. The monoisotopic (exact) mass is 162 g/mol. The molecule has 0 N–H and O–H groups in total. The van der Waals surface area contributed by atoms with Crippen molar-refractivity contribution in [2.75, 3.05) is 5.88 Å². The molecule has 0 fully saturated rings. The first kappa shape index (κ1) is 9.30. The molecule has 0 aliphatic carbocycles. The van der Waals surface area contributed by atoms with Crippen LogP contribution < -0.4 is 0 Å². The van der Waals surface area contributed by atoms with Gasteiger partial charge < -0.3 is 0 Å². The Balaban J connectivity index is 3.86. The van der Waals surface area contributed by atoms with Gasteiger partial charge in [0.15, 0.2) is 0 Å². The fourth-order valence-corrected chi connectivity index (χ4v) is 0.548. The van der Waals surface area contributed by atoms with Gasteiger partial charge in [-0.3, -0.25) is 14.4 Å². The second-order valence-electron chi connectivity index (χ2n) is 1.86.